The summed E-state index contributed by atoms with van der Waals surface area (Å²) in [6.07, 6.45) is 3.75. The van der Waals surface area contributed by atoms with Gasteiger partial charge in [-0.3, -0.25) is 14.3 Å². The van der Waals surface area contributed by atoms with Crippen molar-refractivity contribution in [2.75, 3.05) is 20.8 Å². The Morgan fingerprint density at radius 3 is 2.62 bits per heavy atom. The summed E-state index contributed by atoms with van der Waals surface area (Å²) in [7, 11) is 3.08. The van der Waals surface area contributed by atoms with Crippen LogP contribution in [-0.2, 0) is 22.6 Å². The highest BCUT2D eigenvalue weighted by atomic mass is 16.5. The Morgan fingerprint density at radius 1 is 1.27 bits per heavy atom. The van der Waals surface area contributed by atoms with E-state index in [0.717, 1.165) is 11.1 Å². The Labute approximate surface area is 150 Å². The topological polar surface area (TPSA) is 93.9 Å². The van der Waals surface area contributed by atoms with Crippen molar-refractivity contribution < 1.29 is 24.2 Å². The van der Waals surface area contributed by atoms with Crippen LogP contribution < -0.4 is 9.47 Å². The number of benzene rings is 1. The minimum Gasteiger partial charge on any atom is -0.493 e. The molecule has 0 radical (unpaired) electrons. The number of hydrogen-bond acceptors (Lipinski definition) is 5. The van der Waals surface area contributed by atoms with Crippen LogP contribution in [0.15, 0.2) is 30.6 Å². The fourth-order valence-electron chi connectivity index (χ4n) is 3.34. The van der Waals surface area contributed by atoms with Crippen LogP contribution in [0.2, 0.25) is 0 Å². The van der Waals surface area contributed by atoms with E-state index in [1.54, 1.807) is 36.5 Å². The first-order chi connectivity index (χ1) is 12.5. The van der Waals surface area contributed by atoms with Crippen molar-refractivity contribution in [1.29, 1.82) is 0 Å². The van der Waals surface area contributed by atoms with Gasteiger partial charge in [0.05, 0.1) is 26.7 Å². The maximum Gasteiger partial charge on any atom is 0.305 e. The minimum absolute atomic E-state index is 0.0751. The van der Waals surface area contributed by atoms with E-state index in [2.05, 4.69) is 5.10 Å². The monoisotopic (exact) mass is 359 g/mol. The zero-order valence-corrected chi connectivity index (χ0v) is 14.7. The van der Waals surface area contributed by atoms with Crippen LogP contribution in [0.3, 0.4) is 0 Å². The lowest BCUT2D eigenvalue weighted by Gasteiger charge is -2.37. The molecule has 2 heterocycles. The predicted molar refractivity (Wildman–Crippen MR) is 92.2 cm³/mol. The Kier molecular flexibility index (Phi) is 5.11. The molecule has 2 aromatic rings. The molecule has 0 fully saturated rings. The number of fused-ring (bicyclic) bond motifs is 1. The van der Waals surface area contributed by atoms with Crippen LogP contribution in [0, 0.1) is 0 Å². The molecule has 0 saturated heterocycles. The van der Waals surface area contributed by atoms with Gasteiger partial charge in [0.2, 0.25) is 5.91 Å². The number of carboxylic acids is 1. The number of rotatable bonds is 6. The molecule has 8 nitrogen and oxygen atoms in total. The molecule has 1 aliphatic rings. The molecule has 0 aliphatic carbocycles. The first-order valence-electron chi connectivity index (χ1n) is 8.27. The van der Waals surface area contributed by atoms with Crippen molar-refractivity contribution in [3.8, 4) is 11.5 Å². The maximum absolute atomic E-state index is 12.8. The van der Waals surface area contributed by atoms with Crippen LogP contribution >= 0.6 is 0 Å². The minimum atomic E-state index is -0.963. The van der Waals surface area contributed by atoms with E-state index in [9.17, 15) is 14.7 Å². The Balaban J connectivity index is 1.95. The van der Waals surface area contributed by atoms with Crippen molar-refractivity contribution in [2.45, 2.75) is 25.4 Å². The van der Waals surface area contributed by atoms with Crippen LogP contribution in [0.5, 0.6) is 11.5 Å². The summed E-state index contributed by atoms with van der Waals surface area (Å²) in [5, 5.41) is 13.4. The number of carbonyl (C=O) groups is 2. The van der Waals surface area contributed by atoms with E-state index in [-0.39, 0.29) is 18.9 Å². The third-order valence-corrected chi connectivity index (χ3v) is 4.55. The molecule has 1 aromatic heterocycles. The normalized spacial score (nSPS) is 16.1. The average molecular weight is 359 g/mol. The zero-order valence-electron chi connectivity index (χ0n) is 14.7. The molecule has 1 aliphatic heterocycles. The molecule has 0 bridgehead atoms. The van der Waals surface area contributed by atoms with Gasteiger partial charge in [0.1, 0.15) is 6.54 Å². The molecule has 138 valence electrons. The predicted octanol–water partition coefficient (Wildman–Crippen LogP) is 1.50. The molecule has 0 unspecified atom stereocenters. The maximum atomic E-state index is 12.8. The number of carbonyl (C=O) groups excluding carboxylic acids is 1. The Hall–Kier alpha value is -3.03. The largest absolute Gasteiger partial charge is 0.493 e. The highest BCUT2D eigenvalue weighted by molar-refractivity contribution is 5.78. The highest BCUT2D eigenvalue weighted by Gasteiger charge is 2.33. The summed E-state index contributed by atoms with van der Waals surface area (Å²) in [6, 6.07) is 4.82. The molecule has 1 amide bonds. The van der Waals surface area contributed by atoms with Gasteiger partial charge < -0.3 is 19.5 Å². The smallest absolute Gasteiger partial charge is 0.305 e. The van der Waals surface area contributed by atoms with Gasteiger partial charge in [-0.25, -0.2) is 0 Å². The van der Waals surface area contributed by atoms with Gasteiger partial charge in [-0.05, 0) is 35.7 Å². The van der Waals surface area contributed by atoms with Gasteiger partial charge in [-0.15, -0.1) is 0 Å². The number of ether oxygens (including phenoxy) is 2. The summed E-state index contributed by atoms with van der Waals surface area (Å²) in [4.78, 5) is 25.8. The summed E-state index contributed by atoms with van der Waals surface area (Å²) in [6.45, 7) is 0.520. The summed E-state index contributed by atoms with van der Waals surface area (Å²) in [5.74, 6) is -0.0189. The molecule has 1 N–H and O–H groups in total. The van der Waals surface area contributed by atoms with Crippen molar-refractivity contribution in [3.05, 3.63) is 41.7 Å². The third-order valence-electron chi connectivity index (χ3n) is 4.55. The van der Waals surface area contributed by atoms with E-state index in [4.69, 9.17) is 9.47 Å². The zero-order chi connectivity index (χ0) is 18.7. The number of nitrogens with zero attached hydrogens (tertiary/aromatic N) is 3. The number of hydrogen-bond donors (Lipinski definition) is 1. The quantitative estimate of drug-likeness (QED) is 0.840. The second-order valence-electron chi connectivity index (χ2n) is 6.06. The van der Waals surface area contributed by atoms with Crippen LogP contribution in [0.25, 0.3) is 0 Å². The molecule has 3 rings (SSSR count). The SMILES string of the molecule is COc1cc2c(cc1OC)[C@H](CC(=O)O)N(C(=O)Cn1cccn1)CC2. The van der Waals surface area contributed by atoms with Crippen molar-refractivity contribution in [1.82, 2.24) is 14.7 Å². The molecule has 26 heavy (non-hydrogen) atoms. The second kappa shape index (κ2) is 7.47. The second-order valence-corrected chi connectivity index (χ2v) is 6.06. The Morgan fingerprint density at radius 2 is 2.00 bits per heavy atom. The van der Waals surface area contributed by atoms with Gasteiger partial charge >= 0.3 is 5.97 Å². The number of amides is 1. The summed E-state index contributed by atoms with van der Waals surface area (Å²) < 4.78 is 12.2. The molecule has 8 heteroatoms. The van der Waals surface area contributed by atoms with Crippen LogP contribution in [-0.4, -0.2) is 52.4 Å². The fourth-order valence-corrected chi connectivity index (χ4v) is 3.34. The van der Waals surface area contributed by atoms with Crippen LogP contribution in [0.1, 0.15) is 23.6 Å². The Bertz CT molecular complexity index is 803. The third kappa shape index (κ3) is 3.49. The van der Waals surface area contributed by atoms with E-state index in [1.165, 1.54) is 11.8 Å². The lowest BCUT2D eigenvalue weighted by atomic mass is 9.90. The molecular weight excluding hydrogens is 338 g/mol. The van der Waals surface area contributed by atoms with Crippen LogP contribution in [0.4, 0.5) is 0 Å². The molecule has 0 spiro atoms. The number of methoxy groups -OCH3 is 2. The summed E-state index contributed by atoms with van der Waals surface area (Å²) >= 11 is 0. The molecule has 1 aromatic carbocycles. The lowest BCUT2D eigenvalue weighted by Crippen LogP contribution is -2.42. The fraction of sp³-hybridized carbons (Fsp3) is 0.389. The highest BCUT2D eigenvalue weighted by Crippen LogP contribution is 2.39. The number of aromatic nitrogens is 2. The van der Waals surface area contributed by atoms with E-state index >= 15 is 0 Å². The van der Waals surface area contributed by atoms with E-state index in [0.29, 0.717) is 24.5 Å². The number of carboxylic acid groups (broad SMARTS) is 1. The van der Waals surface area contributed by atoms with E-state index < -0.39 is 12.0 Å². The first kappa shape index (κ1) is 17.8. The van der Waals surface area contributed by atoms with E-state index in [1.807, 2.05) is 6.07 Å². The van der Waals surface area contributed by atoms with Gasteiger partial charge in [0, 0.05) is 18.9 Å². The van der Waals surface area contributed by atoms with Gasteiger partial charge in [-0.2, -0.15) is 5.10 Å². The lowest BCUT2D eigenvalue weighted by molar-refractivity contribution is -0.141. The van der Waals surface area contributed by atoms with Crippen molar-refractivity contribution in [3.63, 3.8) is 0 Å². The molecule has 0 saturated carbocycles. The molecule has 1 atom stereocenters. The van der Waals surface area contributed by atoms with Gasteiger partial charge in [0.25, 0.3) is 0 Å². The van der Waals surface area contributed by atoms with Gasteiger partial charge in [0.15, 0.2) is 11.5 Å². The molecular formula is C18H21N3O5. The summed E-state index contributed by atoms with van der Waals surface area (Å²) in [5.41, 5.74) is 1.75. The standard InChI is InChI=1S/C18H21N3O5/c1-25-15-8-12-4-7-21(17(22)11-20-6-3-5-19-20)14(10-18(23)24)13(12)9-16(15)26-2/h3,5-6,8-9,14H,4,7,10-11H2,1-2H3,(H,23,24)/t14-/m0/s1. The average Bonchev–Trinajstić information content (AvgIpc) is 3.13. The van der Waals surface area contributed by atoms with Crippen molar-refractivity contribution >= 4 is 11.9 Å². The van der Waals surface area contributed by atoms with Gasteiger partial charge in [-0.1, -0.05) is 0 Å². The first-order valence-corrected chi connectivity index (χ1v) is 8.27. The van der Waals surface area contributed by atoms with Crippen molar-refractivity contribution in [2.24, 2.45) is 0 Å². The number of aliphatic carboxylic acids is 1.